The first-order valence-corrected chi connectivity index (χ1v) is 9.33. The maximum absolute atomic E-state index is 12.1. The minimum Gasteiger partial charge on any atom is -0.481 e. The number of fused-ring (bicyclic) bond motifs is 4. The molecule has 0 aliphatic heterocycles. The zero-order chi connectivity index (χ0) is 18.1. The van der Waals surface area contributed by atoms with Crippen LogP contribution in [0, 0.1) is 28.6 Å². The number of hydrogen-bond donors (Lipinski definition) is 3. The van der Waals surface area contributed by atoms with Crippen LogP contribution in [0.3, 0.4) is 0 Å². The van der Waals surface area contributed by atoms with Crippen LogP contribution in [0.5, 0.6) is 0 Å². The molecule has 3 aliphatic rings. The Morgan fingerprint density at radius 1 is 1.20 bits per heavy atom. The van der Waals surface area contributed by atoms with E-state index in [2.05, 4.69) is 20.8 Å². The molecule has 0 aromatic carbocycles. The number of aliphatic hydroxyl groups is 2. The molecule has 0 spiro atoms. The Balaban J connectivity index is 1.87. The summed E-state index contributed by atoms with van der Waals surface area (Å²) in [5.41, 5.74) is 0.376. The molecule has 5 heteroatoms. The van der Waals surface area contributed by atoms with Gasteiger partial charge >= 0.3 is 5.97 Å². The molecule has 3 N–H and O–H groups in total. The van der Waals surface area contributed by atoms with Crippen molar-refractivity contribution in [2.24, 2.45) is 28.6 Å². The molecule has 0 bridgehead atoms. The van der Waals surface area contributed by atoms with E-state index in [1.807, 2.05) is 0 Å². The van der Waals surface area contributed by atoms with Gasteiger partial charge in [0.25, 0.3) is 0 Å². The second-order valence-electron chi connectivity index (χ2n) is 9.31. The topological polar surface area (TPSA) is 90.9 Å². The molecule has 1 aromatic heterocycles. The SMILES string of the molecule is CC1(C)CCC[C@@]2(C)[C@H]3Cc4occc4[C@H](C(=O)O)[C@@H]3[C@@H](O)[C@@H](O)[C@@H]12. The maximum Gasteiger partial charge on any atom is 0.311 e. The lowest BCUT2D eigenvalue weighted by Gasteiger charge is -2.63. The molecule has 25 heavy (non-hydrogen) atoms. The third-order valence-corrected chi connectivity index (χ3v) is 7.66. The number of carboxylic acids is 1. The van der Waals surface area contributed by atoms with Crippen molar-refractivity contribution in [2.45, 2.75) is 64.6 Å². The minimum atomic E-state index is -1.02. The van der Waals surface area contributed by atoms with Gasteiger partial charge in [0.2, 0.25) is 0 Å². The van der Waals surface area contributed by atoms with Crippen LogP contribution in [0.1, 0.15) is 57.3 Å². The fourth-order valence-corrected chi connectivity index (χ4v) is 6.80. The summed E-state index contributed by atoms with van der Waals surface area (Å²) in [5.74, 6) is -1.56. The van der Waals surface area contributed by atoms with Gasteiger partial charge < -0.3 is 19.7 Å². The fourth-order valence-electron chi connectivity index (χ4n) is 6.80. The molecule has 2 fully saturated rings. The summed E-state index contributed by atoms with van der Waals surface area (Å²) in [4.78, 5) is 12.1. The monoisotopic (exact) mass is 348 g/mol. The molecule has 138 valence electrons. The first-order valence-electron chi connectivity index (χ1n) is 9.33. The van der Waals surface area contributed by atoms with E-state index >= 15 is 0 Å². The Kier molecular flexibility index (Phi) is 3.65. The Bertz CT molecular complexity index is 692. The molecule has 1 aromatic rings. The summed E-state index contributed by atoms with van der Waals surface area (Å²) in [5, 5.41) is 31.9. The van der Waals surface area contributed by atoms with Gasteiger partial charge in [-0.2, -0.15) is 0 Å². The standard InChI is InChI=1S/C20H28O5/c1-19(2)6-4-7-20(3)11-9-12-10(5-8-25-12)13(18(23)24)14(11)15(21)16(22)17(19)20/h5,8,11,13-17,21-22H,4,6-7,9H2,1-3H3,(H,23,24)/t11-,13-,14+,15+,16+,17-,20-/m0/s1. The van der Waals surface area contributed by atoms with Crippen LogP contribution in [0.25, 0.3) is 0 Å². The Labute approximate surface area is 148 Å². The van der Waals surface area contributed by atoms with Crippen molar-refractivity contribution in [1.29, 1.82) is 0 Å². The van der Waals surface area contributed by atoms with Crippen molar-refractivity contribution in [2.75, 3.05) is 0 Å². The van der Waals surface area contributed by atoms with Gasteiger partial charge in [0, 0.05) is 17.9 Å². The molecule has 0 unspecified atom stereocenters. The number of carbonyl (C=O) groups is 1. The zero-order valence-electron chi connectivity index (χ0n) is 15.1. The zero-order valence-corrected chi connectivity index (χ0v) is 15.1. The first-order chi connectivity index (χ1) is 11.7. The molecule has 0 radical (unpaired) electrons. The Morgan fingerprint density at radius 2 is 1.92 bits per heavy atom. The van der Waals surface area contributed by atoms with Crippen molar-refractivity contribution < 1.29 is 24.5 Å². The second kappa shape index (κ2) is 5.34. The molecule has 1 heterocycles. The van der Waals surface area contributed by atoms with Crippen molar-refractivity contribution >= 4 is 5.97 Å². The second-order valence-corrected chi connectivity index (χ2v) is 9.31. The minimum absolute atomic E-state index is 0.00442. The molecule has 0 amide bonds. The van der Waals surface area contributed by atoms with Crippen molar-refractivity contribution in [3.05, 3.63) is 23.7 Å². The van der Waals surface area contributed by atoms with Gasteiger partial charge in [-0.25, -0.2) is 0 Å². The first kappa shape index (κ1) is 17.1. The number of aliphatic hydroxyl groups excluding tert-OH is 2. The van der Waals surface area contributed by atoms with Crippen LogP contribution in [0.4, 0.5) is 0 Å². The molecular weight excluding hydrogens is 320 g/mol. The predicted octanol–water partition coefficient (Wildman–Crippen LogP) is 2.80. The molecule has 5 nitrogen and oxygen atoms in total. The number of rotatable bonds is 1. The number of aliphatic carboxylic acids is 1. The van der Waals surface area contributed by atoms with Gasteiger partial charge in [-0.1, -0.05) is 27.2 Å². The normalized spacial score (nSPS) is 45.2. The summed E-state index contributed by atoms with van der Waals surface area (Å²) < 4.78 is 5.62. The highest BCUT2D eigenvalue weighted by molar-refractivity contribution is 5.77. The van der Waals surface area contributed by atoms with Crippen LogP contribution in [0.15, 0.2) is 16.7 Å². The summed E-state index contributed by atoms with van der Waals surface area (Å²) in [7, 11) is 0. The van der Waals surface area contributed by atoms with Crippen LogP contribution in [0.2, 0.25) is 0 Å². The lowest BCUT2D eigenvalue weighted by molar-refractivity contribution is -0.218. The van der Waals surface area contributed by atoms with Crippen LogP contribution < -0.4 is 0 Å². The molecule has 2 saturated carbocycles. The quantitative estimate of drug-likeness (QED) is 0.726. The summed E-state index contributed by atoms with van der Waals surface area (Å²) in [6.07, 6.45) is 3.31. The van der Waals surface area contributed by atoms with E-state index < -0.39 is 30.0 Å². The van der Waals surface area contributed by atoms with E-state index in [-0.39, 0.29) is 22.7 Å². The summed E-state index contributed by atoms with van der Waals surface area (Å²) in [6.45, 7) is 6.53. The Hall–Kier alpha value is -1.33. The Morgan fingerprint density at radius 3 is 2.60 bits per heavy atom. The molecule has 3 aliphatic carbocycles. The van der Waals surface area contributed by atoms with Gasteiger partial charge in [0.1, 0.15) is 5.76 Å². The van der Waals surface area contributed by atoms with E-state index in [1.165, 1.54) is 0 Å². The van der Waals surface area contributed by atoms with E-state index in [0.717, 1.165) is 25.0 Å². The summed E-state index contributed by atoms with van der Waals surface area (Å²) in [6, 6.07) is 1.71. The largest absolute Gasteiger partial charge is 0.481 e. The predicted molar refractivity (Wildman–Crippen MR) is 91.0 cm³/mol. The highest BCUT2D eigenvalue weighted by atomic mass is 16.4. The van der Waals surface area contributed by atoms with Gasteiger partial charge in [-0.05, 0) is 41.6 Å². The van der Waals surface area contributed by atoms with Gasteiger partial charge in [-0.3, -0.25) is 4.79 Å². The third kappa shape index (κ3) is 2.18. The van der Waals surface area contributed by atoms with E-state index in [1.54, 1.807) is 12.3 Å². The van der Waals surface area contributed by atoms with Crippen LogP contribution >= 0.6 is 0 Å². The van der Waals surface area contributed by atoms with Crippen LogP contribution in [-0.4, -0.2) is 33.5 Å². The van der Waals surface area contributed by atoms with Gasteiger partial charge in [0.15, 0.2) is 0 Å². The molecule has 4 rings (SSSR count). The van der Waals surface area contributed by atoms with Gasteiger partial charge in [-0.15, -0.1) is 0 Å². The lowest BCUT2D eigenvalue weighted by Crippen LogP contribution is -2.65. The average molecular weight is 348 g/mol. The molecule has 7 atom stereocenters. The number of hydrogen-bond acceptors (Lipinski definition) is 4. The van der Waals surface area contributed by atoms with Gasteiger partial charge in [0.05, 0.1) is 24.4 Å². The summed E-state index contributed by atoms with van der Waals surface area (Å²) >= 11 is 0. The van der Waals surface area contributed by atoms with Crippen molar-refractivity contribution in [1.82, 2.24) is 0 Å². The fraction of sp³-hybridized carbons (Fsp3) is 0.750. The smallest absolute Gasteiger partial charge is 0.311 e. The van der Waals surface area contributed by atoms with E-state index in [0.29, 0.717) is 12.0 Å². The van der Waals surface area contributed by atoms with Crippen LogP contribution in [-0.2, 0) is 11.2 Å². The highest BCUT2D eigenvalue weighted by Gasteiger charge is 2.64. The van der Waals surface area contributed by atoms with Crippen molar-refractivity contribution in [3.8, 4) is 0 Å². The number of carboxylic acid groups (broad SMARTS) is 1. The van der Waals surface area contributed by atoms with E-state index in [9.17, 15) is 20.1 Å². The maximum atomic E-state index is 12.1. The van der Waals surface area contributed by atoms with Crippen molar-refractivity contribution in [3.63, 3.8) is 0 Å². The van der Waals surface area contributed by atoms with E-state index in [4.69, 9.17) is 4.42 Å². The average Bonchev–Trinajstić information content (AvgIpc) is 2.97. The highest BCUT2D eigenvalue weighted by Crippen LogP contribution is 2.64. The third-order valence-electron chi connectivity index (χ3n) is 7.66. The molecule has 0 saturated heterocycles. The number of furan rings is 1. The lowest BCUT2D eigenvalue weighted by atomic mass is 9.42. The molecular formula is C20H28O5.